The molecular formula is C27H21Br2ClF3N3O. The molecule has 0 atom stereocenters. The van der Waals surface area contributed by atoms with E-state index in [-0.39, 0.29) is 29.6 Å². The summed E-state index contributed by atoms with van der Waals surface area (Å²) in [5.74, 6) is -0.956. The number of carbonyl (C=O) groups is 1. The number of carbonyl (C=O) groups excluding carboxylic acids is 1. The molecule has 0 saturated heterocycles. The van der Waals surface area contributed by atoms with Crippen LogP contribution in [-0.4, -0.2) is 16.1 Å². The van der Waals surface area contributed by atoms with Crippen LogP contribution >= 0.6 is 44.3 Å². The number of hydrogen-bond donors (Lipinski definition) is 1. The number of rotatable bonds is 3. The standard InChI is InChI=1S/C13H8BrFN2.C7H4BrFO.C7H8FN.ClH/c14-10-2-1-9-8-16-17(13(9)7-10)12-5-3-11(15)4-6-12;8-6-2-1-5(4-10)7(9)3-6;8-7-3-1-6(5-9)2-4-7;/h1-8H;1-4H;1-4H,5,9H2;1H. The lowest BCUT2D eigenvalue weighted by molar-refractivity contribution is 0.112. The largest absolute Gasteiger partial charge is 0.326 e. The number of halogens is 6. The van der Waals surface area contributed by atoms with Gasteiger partial charge < -0.3 is 5.73 Å². The van der Waals surface area contributed by atoms with Gasteiger partial charge in [0.15, 0.2) is 6.29 Å². The third-order valence-corrected chi connectivity index (χ3v) is 5.83. The van der Waals surface area contributed by atoms with Gasteiger partial charge in [0, 0.05) is 20.9 Å². The van der Waals surface area contributed by atoms with Crippen LogP contribution in [0.15, 0.2) is 100 Å². The van der Waals surface area contributed by atoms with Gasteiger partial charge in [0.2, 0.25) is 0 Å². The molecule has 0 bridgehead atoms. The van der Waals surface area contributed by atoms with Crippen molar-refractivity contribution in [1.29, 1.82) is 0 Å². The van der Waals surface area contributed by atoms with Crippen LogP contribution in [0.2, 0.25) is 0 Å². The van der Waals surface area contributed by atoms with E-state index in [9.17, 15) is 18.0 Å². The summed E-state index contributed by atoms with van der Waals surface area (Å²) in [6.07, 6.45) is 2.28. The molecule has 0 radical (unpaired) electrons. The van der Waals surface area contributed by atoms with Crippen molar-refractivity contribution < 1.29 is 18.0 Å². The van der Waals surface area contributed by atoms with Crippen molar-refractivity contribution in [2.24, 2.45) is 5.73 Å². The highest BCUT2D eigenvalue weighted by molar-refractivity contribution is 9.10. The van der Waals surface area contributed by atoms with Crippen molar-refractivity contribution >= 4 is 61.5 Å². The molecule has 0 aliphatic heterocycles. The predicted octanol–water partition coefficient (Wildman–Crippen LogP) is 8.03. The predicted molar refractivity (Wildman–Crippen MR) is 150 cm³/mol. The molecule has 1 heterocycles. The van der Waals surface area contributed by atoms with Gasteiger partial charge in [-0.1, -0.05) is 50.1 Å². The quantitative estimate of drug-likeness (QED) is 0.200. The van der Waals surface area contributed by atoms with Crippen molar-refractivity contribution in [3.8, 4) is 5.69 Å². The van der Waals surface area contributed by atoms with E-state index in [1.807, 2.05) is 18.2 Å². The number of nitrogens with zero attached hydrogens (tertiary/aromatic N) is 2. The maximum Gasteiger partial charge on any atom is 0.152 e. The van der Waals surface area contributed by atoms with E-state index in [0.29, 0.717) is 17.3 Å². The van der Waals surface area contributed by atoms with Gasteiger partial charge in [0.1, 0.15) is 17.5 Å². The van der Waals surface area contributed by atoms with Crippen LogP contribution in [0.3, 0.4) is 0 Å². The number of hydrogen-bond acceptors (Lipinski definition) is 3. The maximum atomic E-state index is 12.9. The lowest BCUT2D eigenvalue weighted by Gasteiger charge is -2.03. The van der Waals surface area contributed by atoms with Crippen molar-refractivity contribution in [3.05, 3.63) is 129 Å². The van der Waals surface area contributed by atoms with Crippen LogP contribution in [0.25, 0.3) is 16.6 Å². The Labute approximate surface area is 235 Å². The van der Waals surface area contributed by atoms with Crippen molar-refractivity contribution in [2.45, 2.75) is 6.54 Å². The number of fused-ring (bicyclic) bond motifs is 1. The summed E-state index contributed by atoms with van der Waals surface area (Å²) in [4.78, 5) is 10.1. The smallest absolute Gasteiger partial charge is 0.152 e. The number of benzene rings is 4. The second-order valence-electron chi connectivity index (χ2n) is 7.35. The molecule has 37 heavy (non-hydrogen) atoms. The van der Waals surface area contributed by atoms with Crippen LogP contribution in [-0.2, 0) is 6.54 Å². The van der Waals surface area contributed by atoms with E-state index in [1.54, 1.807) is 41.2 Å². The van der Waals surface area contributed by atoms with E-state index < -0.39 is 5.82 Å². The molecule has 5 aromatic rings. The molecule has 4 nitrogen and oxygen atoms in total. The first kappa shape index (κ1) is 30.2. The Balaban J connectivity index is 0.000000208. The molecule has 0 unspecified atom stereocenters. The topological polar surface area (TPSA) is 60.9 Å². The van der Waals surface area contributed by atoms with Gasteiger partial charge in [-0.15, -0.1) is 12.4 Å². The van der Waals surface area contributed by atoms with E-state index in [4.69, 9.17) is 5.73 Å². The fourth-order valence-electron chi connectivity index (χ4n) is 3.00. The Hall–Kier alpha value is -2.98. The molecule has 0 amide bonds. The molecule has 2 N–H and O–H groups in total. The van der Waals surface area contributed by atoms with Gasteiger partial charge in [0.25, 0.3) is 0 Å². The lowest BCUT2D eigenvalue weighted by atomic mass is 10.2. The SMILES string of the molecule is Cl.Fc1ccc(-n2ncc3ccc(Br)cc32)cc1.NCc1ccc(F)cc1.O=Cc1ccc(Br)cc1F. The van der Waals surface area contributed by atoms with Gasteiger partial charge in [-0.25, -0.2) is 17.9 Å². The molecule has 0 fully saturated rings. The van der Waals surface area contributed by atoms with Crippen LogP contribution < -0.4 is 5.73 Å². The van der Waals surface area contributed by atoms with Crippen LogP contribution in [0.5, 0.6) is 0 Å². The summed E-state index contributed by atoms with van der Waals surface area (Å²) >= 11 is 6.50. The fraction of sp³-hybridized carbons (Fsp3) is 0.0370. The minimum atomic E-state index is -0.496. The van der Waals surface area contributed by atoms with Crippen LogP contribution in [0, 0.1) is 17.5 Å². The highest BCUT2D eigenvalue weighted by Gasteiger charge is 2.05. The van der Waals surface area contributed by atoms with Gasteiger partial charge >= 0.3 is 0 Å². The number of nitrogens with two attached hydrogens (primary N) is 1. The Morgan fingerprint density at radius 1 is 0.811 bits per heavy atom. The van der Waals surface area contributed by atoms with E-state index in [0.717, 1.165) is 26.6 Å². The second kappa shape index (κ2) is 14.7. The molecule has 0 aliphatic carbocycles. The van der Waals surface area contributed by atoms with Gasteiger partial charge in [-0.05, 0) is 72.3 Å². The Morgan fingerprint density at radius 3 is 1.95 bits per heavy atom. The molecule has 4 aromatic carbocycles. The first-order valence-corrected chi connectivity index (χ1v) is 12.1. The molecule has 192 valence electrons. The monoisotopic (exact) mass is 653 g/mol. The van der Waals surface area contributed by atoms with Crippen molar-refractivity contribution in [1.82, 2.24) is 9.78 Å². The Kier molecular flexibility index (Phi) is 12.0. The van der Waals surface area contributed by atoms with Crippen LogP contribution in [0.1, 0.15) is 15.9 Å². The van der Waals surface area contributed by atoms with Crippen molar-refractivity contribution in [2.75, 3.05) is 0 Å². The number of aldehydes is 1. The Morgan fingerprint density at radius 2 is 1.38 bits per heavy atom. The van der Waals surface area contributed by atoms with E-state index >= 15 is 0 Å². The minimum absolute atomic E-state index is 0. The molecule has 0 aliphatic rings. The zero-order valence-electron chi connectivity index (χ0n) is 19.1. The van der Waals surface area contributed by atoms with E-state index in [2.05, 4.69) is 37.0 Å². The van der Waals surface area contributed by atoms with Gasteiger partial charge in [0.05, 0.1) is 23.0 Å². The average molecular weight is 656 g/mol. The molecule has 0 spiro atoms. The summed E-state index contributed by atoms with van der Waals surface area (Å²) in [7, 11) is 0. The normalized spacial score (nSPS) is 9.89. The first-order valence-electron chi connectivity index (χ1n) is 10.5. The average Bonchev–Trinajstić information content (AvgIpc) is 3.29. The maximum absolute atomic E-state index is 12.9. The molecule has 5 rings (SSSR count). The summed E-state index contributed by atoms with van der Waals surface area (Å²) < 4.78 is 41.1. The molecule has 0 saturated carbocycles. The second-order valence-corrected chi connectivity index (χ2v) is 9.18. The van der Waals surface area contributed by atoms with Gasteiger partial charge in [-0.3, -0.25) is 4.79 Å². The lowest BCUT2D eigenvalue weighted by Crippen LogP contribution is -1.95. The van der Waals surface area contributed by atoms with Crippen LogP contribution in [0.4, 0.5) is 13.2 Å². The summed E-state index contributed by atoms with van der Waals surface area (Å²) in [6.45, 7) is 0.472. The van der Waals surface area contributed by atoms with E-state index in [1.165, 1.54) is 36.4 Å². The Bertz CT molecular complexity index is 1450. The zero-order valence-corrected chi connectivity index (χ0v) is 23.1. The molecular weight excluding hydrogens is 635 g/mol. The van der Waals surface area contributed by atoms with Crippen molar-refractivity contribution in [3.63, 3.8) is 0 Å². The highest BCUT2D eigenvalue weighted by atomic mass is 79.9. The molecule has 10 heteroatoms. The summed E-state index contributed by atoms with van der Waals surface area (Å²) in [6, 6.07) is 22.7. The highest BCUT2D eigenvalue weighted by Crippen LogP contribution is 2.22. The summed E-state index contributed by atoms with van der Waals surface area (Å²) in [5, 5.41) is 5.36. The third-order valence-electron chi connectivity index (χ3n) is 4.84. The minimum Gasteiger partial charge on any atom is -0.326 e. The number of aromatic nitrogens is 2. The third kappa shape index (κ3) is 8.82. The first-order chi connectivity index (χ1) is 17.3. The zero-order chi connectivity index (χ0) is 26.1. The molecule has 1 aromatic heterocycles. The summed E-state index contributed by atoms with van der Waals surface area (Å²) in [5.41, 5.74) is 8.16. The fourth-order valence-corrected chi connectivity index (χ4v) is 3.68. The van der Waals surface area contributed by atoms with Gasteiger partial charge in [-0.2, -0.15) is 5.10 Å².